The van der Waals surface area contributed by atoms with Gasteiger partial charge in [-0.2, -0.15) is 0 Å². The summed E-state index contributed by atoms with van der Waals surface area (Å²) < 4.78 is 10.7. The van der Waals surface area contributed by atoms with Crippen LogP contribution in [0.1, 0.15) is 12.8 Å². The van der Waals surface area contributed by atoms with Gasteiger partial charge in [-0.25, -0.2) is 9.69 Å². The van der Waals surface area contributed by atoms with Crippen molar-refractivity contribution in [2.24, 2.45) is 0 Å². The number of urea groups is 1. The summed E-state index contributed by atoms with van der Waals surface area (Å²) in [4.78, 5) is 42.4. The van der Waals surface area contributed by atoms with Crippen LogP contribution in [0.15, 0.2) is 54.6 Å². The van der Waals surface area contributed by atoms with E-state index in [9.17, 15) is 14.4 Å². The third-order valence-corrected chi connectivity index (χ3v) is 5.69. The standard InChI is InChI=1S/C23H25N3O5/c1-30-19-7-9-20(10-8-19)31-16-22(28)24-13-11-17(12-14-24)25-15-21(27)26(23(25)29)18-5-3-2-4-6-18/h2-10,17H,11-16H2,1H3. The van der Waals surface area contributed by atoms with Crippen LogP contribution in [0.2, 0.25) is 0 Å². The average Bonchev–Trinajstić information content (AvgIpc) is 3.12. The molecular formula is C23H25N3O5. The normalized spacial score (nSPS) is 17.3. The maximum Gasteiger partial charge on any atom is 0.332 e. The molecule has 2 aliphatic rings. The number of likely N-dealkylation sites (tertiary alicyclic amines) is 1. The zero-order valence-corrected chi connectivity index (χ0v) is 17.4. The van der Waals surface area contributed by atoms with Crippen molar-refractivity contribution in [1.29, 1.82) is 0 Å². The Morgan fingerprint density at radius 2 is 1.61 bits per heavy atom. The molecule has 0 aromatic heterocycles. The highest BCUT2D eigenvalue weighted by Gasteiger charge is 2.41. The number of para-hydroxylation sites is 1. The minimum atomic E-state index is -0.288. The van der Waals surface area contributed by atoms with Crippen molar-refractivity contribution in [1.82, 2.24) is 9.80 Å². The molecule has 0 aliphatic carbocycles. The molecule has 0 bridgehead atoms. The Morgan fingerprint density at radius 3 is 2.26 bits per heavy atom. The van der Waals surface area contributed by atoms with Crippen molar-refractivity contribution in [2.75, 3.05) is 38.3 Å². The van der Waals surface area contributed by atoms with Crippen molar-refractivity contribution < 1.29 is 23.9 Å². The van der Waals surface area contributed by atoms with Crippen LogP contribution >= 0.6 is 0 Å². The summed E-state index contributed by atoms with van der Waals surface area (Å²) in [5.41, 5.74) is 0.586. The summed E-state index contributed by atoms with van der Waals surface area (Å²) in [5, 5.41) is 0. The molecular weight excluding hydrogens is 398 g/mol. The third-order valence-electron chi connectivity index (χ3n) is 5.69. The molecule has 2 aromatic rings. The number of methoxy groups -OCH3 is 1. The maximum absolute atomic E-state index is 12.9. The Balaban J connectivity index is 1.28. The minimum Gasteiger partial charge on any atom is -0.497 e. The van der Waals surface area contributed by atoms with E-state index in [0.717, 1.165) is 5.75 Å². The van der Waals surface area contributed by atoms with Crippen molar-refractivity contribution in [3.8, 4) is 11.5 Å². The molecule has 2 aliphatic heterocycles. The first-order valence-corrected chi connectivity index (χ1v) is 10.3. The molecule has 0 radical (unpaired) electrons. The van der Waals surface area contributed by atoms with Crippen LogP contribution in [-0.2, 0) is 9.59 Å². The number of anilines is 1. The molecule has 0 unspecified atom stereocenters. The lowest BCUT2D eigenvalue weighted by atomic mass is 10.0. The number of hydrogen-bond acceptors (Lipinski definition) is 5. The summed E-state index contributed by atoms with van der Waals surface area (Å²) in [6.07, 6.45) is 1.27. The van der Waals surface area contributed by atoms with E-state index in [1.807, 2.05) is 6.07 Å². The fourth-order valence-corrected chi connectivity index (χ4v) is 3.97. The molecule has 2 heterocycles. The lowest BCUT2D eigenvalue weighted by Gasteiger charge is -2.36. The van der Waals surface area contributed by atoms with Gasteiger partial charge in [-0.3, -0.25) is 9.59 Å². The van der Waals surface area contributed by atoms with Crippen LogP contribution < -0.4 is 14.4 Å². The Morgan fingerprint density at radius 1 is 0.968 bits per heavy atom. The Kier molecular flexibility index (Phi) is 6.06. The summed E-state index contributed by atoms with van der Waals surface area (Å²) >= 11 is 0. The minimum absolute atomic E-state index is 0.0418. The zero-order chi connectivity index (χ0) is 21.8. The predicted molar refractivity (Wildman–Crippen MR) is 114 cm³/mol. The van der Waals surface area contributed by atoms with Gasteiger partial charge < -0.3 is 19.3 Å². The Labute approximate surface area is 180 Å². The highest BCUT2D eigenvalue weighted by Crippen LogP contribution is 2.26. The summed E-state index contributed by atoms with van der Waals surface area (Å²) in [5.74, 6) is 1.01. The number of rotatable bonds is 6. The smallest absolute Gasteiger partial charge is 0.332 e. The monoisotopic (exact) mass is 423 g/mol. The molecule has 2 aromatic carbocycles. The van der Waals surface area contributed by atoms with Crippen LogP contribution in [0.3, 0.4) is 0 Å². The SMILES string of the molecule is COc1ccc(OCC(=O)N2CCC(N3CC(=O)N(c4ccccc4)C3=O)CC2)cc1. The van der Waals surface area contributed by atoms with E-state index >= 15 is 0 Å². The van der Waals surface area contributed by atoms with Crippen LogP contribution in [0.4, 0.5) is 10.5 Å². The molecule has 0 spiro atoms. The average molecular weight is 423 g/mol. The lowest BCUT2D eigenvalue weighted by molar-refractivity contribution is -0.134. The van der Waals surface area contributed by atoms with Gasteiger partial charge in [-0.05, 0) is 49.2 Å². The van der Waals surface area contributed by atoms with E-state index in [2.05, 4.69) is 0 Å². The van der Waals surface area contributed by atoms with Crippen molar-refractivity contribution in [3.05, 3.63) is 54.6 Å². The summed E-state index contributed by atoms with van der Waals surface area (Å²) in [6.45, 7) is 1.09. The van der Waals surface area contributed by atoms with Gasteiger partial charge in [0, 0.05) is 19.1 Å². The van der Waals surface area contributed by atoms with E-state index in [0.29, 0.717) is 37.4 Å². The van der Waals surface area contributed by atoms with Gasteiger partial charge in [-0.1, -0.05) is 18.2 Å². The van der Waals surface area contributed by atoms with Crippen LogP contribution in [0, 0.1) is 0 Å². The first-order valence-electron chi connectivity index (χ1n) is 10.3. The predicted octanol–water partition coefficient (Wildman–Crippen LogP) is 2.53. The number of piperidine rings is 1. The number of amides is 4. The fraction of sp³-hybridized carbons (Fsp3) is 0.348. The maximum atomic E-state index is 12.9. The molecule has 31 heavy (non-hydrogen) atoms. The van der Waals surface area contributed by atoms with Gasteiger partial charge >= 0.3 is 6.03 Å². The van der Waals surface area contributed by atoms with E-state index < -0.39 is 0 Å². The topological polar surface area (TPSA) is 79.4 Å². The van der Waals surface area contributed by atoms with Crippen molar-refractivity contribution in [3.63, 3.8) is 0 Å². The molecule has 2 saturated heterocycles. The third kappa shape index (κ3) is 4.47. The molecule has 0 atom stereocenters. The Bertz CT molecular complexity index is 939. The number of benzene rings is 2. The molecule has 4 rings (SSSR count). The summed E-state index contributed by atoms with van der Waals surface area (Å²) in [7, 11) is 1.59. The zero-order valence-electron chi connectivity index (χ0n) is 17.4. The molecule has 0 N–H and O–H groups in total. The molecule has 8 nitrogen and oxygen atoms in total. The van der Waals surface area contributed by atoms with Gasteiger partial charge in [0.05, 0.1) is 12.8 Å². The first kappa shape index (κ1) is 20.7. The van der Waals surface area contributed by atoms with E-state index in [1.54, 1.807) is 65.4 Å². The first-order chi connectivity index (χ1) is 15.1. The second-order valence-electron chi connectivity index (χ2n) is 7.55. The van der Waals surface area contributed by atoms with Crippen LogP contribution in [0.25, 0.3) is 0 Å². The quantitative estimate of drug-likeness (QED) is 0.667. The summed E-state index contributed by atoms with van der Waals surface area (Å²) in [6, 6.07) is 15.7. The number of carbonyl (C=O) groups is 3. The number of nitrogens with zero attached hydrogens (tertiary/aromatic N) is 3. The van der Waals surface area contributed by atoms with Gasteiger partial charge in [0.1, 0.15) is 18.0 Å². The molecule has 2 fully saturated rings. The molecule has 0 saturated carbocycles. The molecule has 162 valence electrons. The van der Waals surface area contributed by atoms with Crippen LogP contribution in [-0.4, -0.2) is 67.0 Å². The van der Waals surface area contributed by atoms with Crippen LogP contribution in [0.5, 0.6) is 11.5 Å². The van der Waals surface area contributed by atoms with Gasteiger partial charge in [0.25, 0.3) is 11.8 Å². The fourth-order valence-electron chi connectivity index (χ4n) is 3.97. The van der Waals surface area contributed by atoms with Crippen molar-refractivity contribution >= 4 is 23.5 Å². The largest absolute Gasteiger partial charge is 0.497 e. The van der Waals surface area contributed by atoms with Crippen molar-refractivity contribution in [2.45, 2.75) is 18.9 Å². The number of carbonyl (C=O) groups excluding carboxylic acids is 3. The van der Waals surface area contributed by atoms with E-state index in [1.165, 1.54) is 4.90 Å². The van der Waals surface area contributed by atoms with E-state index in [-0.39, 0.29) is 37.0 Å². The molecule has 8 heteroatoms. The second-order valence-corrected chi connectivity index (χ2v) is 7.55. The van der Waals surface area contributed by atoms with Gasteiger partial charge in [0.15, 0.2) is 6.61 Å². The number of hydrogen-bond donors (Lipinski definition) is 0. The van der Waals surface area contributed by atoms with Gasteiger partial charge in [-0.15, -0.1) is 0 Å². The molecule has 4 amide bonds. The number of imide groups is 1. The van der Waals surface area contributed by atoms with E-state index in [4.69, 9.17) is 9.47 Å². The highest BCUT2D eigenvalue weighted by atomic mass is 16.5. The lowest BCUT2D eigenvalue weighted by Crippen LogP contribution is -2.49. The Hall–Kier alpha value is -3.55. The number of ether oxygens (including phenoxy) is 2. The second kappa shape index (κ2) is 9.07. The van der Waals surface area contributed by atoms with Gasteiger partial charge in [0.2, 0.25) is 0 Å². The highest BCUT2D eigenvalue weighted by molar-refractivity contribution is 6.19.